The van der Waals surface area contributed by atoms with Crippen molar-refractivity contribution in [3.8, 4) is 23.0 Å². The topological polar surface area (TPSA) is 47.9 Å². The third-order valence-electron chi connectivity index (χ3n) is 3.11. The maximum absolute atomic E-state index is 9.87. The van der Waals surface area contributed by atoms with Crippen molar-refractivity contribution in [3.05, 3.63) is 47.5 Å². The fourth-order valence-electron chi connectivity index (χ4n) is 2.02. The molecular weight excluding hydrogens is 268 g/mol. The molecule has 2 aromatic carbocycles. The molecule has 0 heterocycles. The summed E-state index contributed by atoms with van der Waals surface area (Å²) in [6, 6.07) is 10.7. The molecule has 4 nitrogen and oxygen atoms in total. The van der Waals surface area contributed by atoms with Crippen LogP contribution >= 0.6 is 0 Å². The molecule has 4 heteroatoms. The molecule has 0 unspecified atom stereocenters. The van der Waals surface area contributed by atoms with Crippen LogP contribution in [0.3, 0.4) is 0 Å². The van der Waals surface area contributed by atoms with Gasteiger partial charge in [0, 0.05) is 11.1 Å². The monoisotopic (exact) mass is 286 g/mol. The summed E-state index contributed by atoms with van der Waals surface area (Å²) in [6.45, 7) is 0. The summed E-state index contributed by atoms with van der Waals surface area (Å²) >= 11 is 0. The Kier molecular flexibility index (Phi) is 4.72. The summed E-state index contributed by atoms with van der Waals surface area (Å²) in [5, 5.41) is 9.87. The minimum atomic E-state index is 0.189. The van der Waals surface area contributed by atoms with E-state index in [1.54, 1.807) is 45.6 Å². The van der Waals surface area contributed by atoms with Gasteiger partial charge in [-0.2, -0.15) is 0 Å². The van der Waals surface area contributed by atoms with Crippen LogP contribution in [0.2, 0.25) is 0 Å². The molecule has 0 aliphatic rings. The Hall–Kier alpha value is -2.62. The molecule has 0 aliphatic carbocycles. The van der Waals surface area contributed by atoms with Crippen molar-refractivity contribution in [2.45, 2.75) is 0 Å². The highest BCUT2D eigenvalue weighted by Crippen LogP contribution is 2.32. The van der Waals surface area contributed by atoms with E-state index in [1.807, 2.05) is 24.3 Å². The number of rotatable bonds is 5. The minimum Gasteiger partial charge on any atom is -0.507 e. The molecular formula is C17H18O4. The van der Waals surface area contributed by atoms with Crippen molar-refractivity contribution in [1.29, 1.82) is 0 Å². The number of benzene rings is 2. The van der Waals surface area contributed by atoms with Crippen molar-refractivity contribution in [3.63, 3.8) is 0 Å². The lowest BCUT2D eigenvalue weighted by atomic mass is 10.1. The van der Waals surface area contributed by atoms with Gasteiger partial charge in [-0.05, 0) is 24.3 Å². The molecule has 21 heavy (non-hydrogen) atoms. The van der Waals surface area contributed by atoms with Gasteiger partial charge in [0.25, 0.3) is 0 Å². The quantitative estimate of drug-likeness (QED) is 0.853. The van der Waals surface area contributed by atoms with Crippen molar-refractivity contribution in [1.82, 2.24) is 0 Å². The highest BCUT2D eigenvalue weighted by atomic mass is 16.5. The van der Waals surface area contributed by atoms with Crippen LogP contribution in [0.25, 0.3) is 12.2 Å². The number of aromatic hydroxyl groups is 1. The number of phenolic OH excluding ortho intramolecular Hbond substituents is 1. The summed E-state index contributed by atoms with van der Waals surface area (Å²) < 4.78 is 15.8. The van der Waals surface area contributed by atoms with E-state index in [0.717, 1.165) is 5.56 Å². The van der Waals surface area contributed by atoms with Crippen LogP contribution in [0.4, 0.5) is 0 Å². The molecule has 0 amide bonds. The van der Waals surface area contributed by atoms with Gasteiger partial charge < -0.3 is 19.3 Å². The second-order valence-corrected chi connectivity index (χ2v) is 4.34. The molecule has 2 rings (SSSR count). The van der Waals surface area contributed by atoms with Gasteiger partial charge in [-0.25, -0.2) is 0 Å². The maximum atomic E-state index is 9.87. The van der Waals surface area contributed by atoms with Crippen molar-refractivity contribution < 1.29 is 19.3 Å². The van der Waals surface area contributed by atoms with E-state index in [2.05, 4.69) is 0 Å². The Bertz CT molecular complexity index is 647. The van der Waals surface area contributed by atoms with Crippen LogP contribution in [0, 0.1) is 0 Å². The third kappa shape index (κ3) is 3.28. The lowest BCUT2D eigenvalue weighted by Gasteiger charge is -2.10. The number of hydrogen-bond donors (Lipinski definition) is 1. The van der Waals surface area contributed by atoms with Gasteiger partial charge in [0.15, 0.2) is 11.5 Å². The van der Waals surface area contributed by atoms with E-state index < -0.39 is 0 Å². The van der Waals surface area contributed by atoms with E-state index in [4.69, 9.17) is 14.2 Å². The Labute approximate surface area is 124 Å². The number of ether oxygens (including phenoxy) is 3. The second-order valence-electron chi connectivity index (χ2n) is 4.34. The first kappa shape index (κ1) is 14.8. The maximum Gasteiger partial charge on any atom is 0.167 e. The highest BCUT2D eigenvalue weighted by Gasteiger charge is 2.07. The van der Waals surface area contributed by atoms with Gasteiger partial charge in [-0.1, -0.05) is 24.3 Å². The number of methoxy groups -OCH3 is 3. The number of hydrogen-bond acceptors (Lipinski definition) is 4. The van der Waals surface area contributed by atoms with Gasteiger partial charge in [-0.15, -0.1) is 0 Å². The Morgan fingerprint density at radius 2 is 1.62 bits per heavy atom. The van der Waals surface area contributed by atoms with Gasteiger partial charge in [-0.3, -0.25) is 0 Å². The average Bonchev–Trinajstić information content (AvgIpc) is 2.53. The molecule has 0 aliphatic heterocycles. The predicted octanol–water partition coefficient (Wildman–Crippen LogP) is 3.59. The standard InChI is InChI=1S/C17H18O4/c1-19-14-9-10-15(18)13(11-14)8-7-12-5-4-6-16(20-2)17(12)21-3/h4-11,18H,1-3H3. The van der Waals surface area contributed by atoms with Crippen molar-refractivity contribution in [2.24, 2.45) is 0 Å². The fourth-order valence-corrected chi connectivity index (χ4v) is 2.02. The molecule has 0 fully saturated rings. The van der Waals surface area contributed by atoms with Gasteiger partial charge >= 0.3 is 0 Å². The summed E-state index contributed by atoms with van der Waals surface area (Å²) in [5.41, 5.74) is 1.53. The molecule has 0 spiro atoms. The summed E-state index contributed by atoms with van der Waals surface area (Å²) in [4.78, 5) is 0. The van der Waals surface area contributed by atoms with E-state index in [-0.39, 0.29) is 5.75 Å². The van der Waals surface area contributed by atoms with E-state index in [1.165, 1.54) is 0 Å². The Morgan fingerprint density at radius 1 is 0.857 bits per heavy atom. The lowest BCUT2D eigenvalue weighted by molar-refractivity contribution is 0.354. The van der Waals surface area contributed by atoms with E-state index in [0.29, 0.717) is 22.8 Å². The van der Waals surface area contributed by atoms with E-state index >= 15 is 0 Å². The number of para-hydroxylation sites is 1. The van der Waals surface area contributed by atoms with Crippen LogP contribution in [0.15, 0.2) is 36.4 Å². The largest absolute Gasteiger partial charge is 0.507 e. The summed E-state index contributed by atoms with van der Waals surface area (Å²) in [5.74, 6) is 2.19. The molecule has 110 valence electrons. The van der Waals surface area contributed by atoms with Crippen molar-refractivity contribution >= 4 is 12.2 Å². The molecule has 2 aromatic rings. The Balaban J connectivity index is 2.38. The first-order valence-electron chi connectivity index (χ1n) is 6.45. The number of phenols is 1. The molecule has 0 saturated heterocycles. The normalized spacial score (nSPS) is 10.6. The van der Waals surface area contributed by atoms with Crippen LogP contribution < -0.4 is 14.2 Å². The zero-order valence-corrected chi connectivity index (χ0v) is 12.3. The zero-order valence-electron chi connectivity index (χ0n) is 12.3. The first-order valence-corrected chi connectivity index (χ1v) is 6.45. The van der Waals surface area contributed by atoms with Crippen molar-refractivity contribution in [2.75, 3.05) is 21.3 Å². The molecule has 0 saturated carbocycles. The van der Waals surface area contributed by atoms with Gasteiger partial charge in [0.2, 0.25) is 0 Å². The third-order valence-corrected chi connectivity index (χ3v) is 3.11. The van der Waals surface area contributed by atoms with Gasteiger partial charge in [0.05, 0.1) is 21.3 Å². The Morgan fingerprint density at radius 3 is 2.29 bits per heavy atom. The smallest absolute Gasteiger partial charge is 0.167 e. The zero-order chi connectivity index (χ0) is 15.2. The van der Waals surface area contributed by atoms with Gasteiger partial charge in [0.1, 0.15) is 11.5 Å². The molecule has 0 bridgehead atoms. The average molecular weight is 286 g/mol. The molecule has 0 radical (unpaired) electrons. The van der Waals surface area contributed by atoms with Crippen LogP contribution in [0.5, 0.6) is 23.0 Å². The SMILES string of the molecule is COc1ccc(O)c(C=Cc2cccc(OC)c2OC)c1. The second kappa shape index (κ2) is 6.70. The molecule has 0 aromatic heterocycles. The molecule has 0 atom stereocenters. The summed E-state index contributed by atoms with van der Waals surface area (Å²) in [7, 11) is 4.78. The predicted molar refractivity (Wildman–Crippen MR) is 83.1 cm³/mol. The minimum absolute atomic E-state index is 0.189. The summed E-state index contributed by atoms with van der Waals surface area (Å²) in [6.07, 6.45) is 3.66. The van der Waals surface area contributed by atoms with Crippen LogP contribution in [0.1, 0.15) is 11.1 Å². The lowest BCUT2D eigenvalue weighted by Crippen LogP contribution is -1.92. The molecule has 1 N–H and O–H groups in total. The first-order chi connectivity index (χ1) is 10.2. The van der Waals surface area contributed by atoms with E-state index in [9.17, 15) is 5.11 Å². The highest BCUT2D eigenvalue weighted by molar-refractivity contribution is 5.76. The van der Waals surface area contributed by atoms with Crippen LogP contribution in [-0.4, -0.2) is 26.4 Å². The van der Waals surface area contributed by atoms with Crippen LogP contribution in [-0.2, 0) is 0 Å². The fraction of sp³-hybridized carbons (Fsp3) is 0.176.